The first-order valence-corrected chi connectivity index (χ1v) is 11.3. The van der Waals surface area contributed by atoms with Gasteiger partial charge in [-0.2, -0.15) is 13.2 Å². The van der Waals surface area contributed by atoms with Crippen molar-refractivity contribution in [2.45, 2.75) is 49.5 Å². The molecular weight excluding hydrogens is 424 g/mol. The van der Waals surface area contributed by atoms with Crippen LogP contribution in [0.5, 0.6) is 0 Å². The van der Waals surface area contributed by atoms with Crippen LogP contribution in [0, 0.1) is 24.1 Å². The third-order valence-corrected chi connectivity index (χ3v) is 7.03. The van der Waals surface area contributed by atoms with E-state index in [4.69, 9.17) is 6.42 Å². The van der Waals surface area contributed by atoms with Crippen LogP contribution in [0.25, 0.3) is 0 Å². The van der Waals surface area contributed by atoms with Gasteiger partial charge in [-0.1, -0.05) is 18.1 Å². The van der Waals surface area contributed by atoms with E-state index in [1.807, 2.05) is 0 Å². The van der Waals surface area contributed by atoms with Gasteiger partial charge in [-0.15, -0.1) is 6.42 Å². The summed E-state index contributed by atoms with van der Waals surface area (Å²) in [5, 5.41) is 4.64. The number of alkyl halides is 3. The zero-order valence-electron chi connectivity index (χ0n) is 16.0. The Morgan fingerprint density at radius 1 is 1.23 bits per heavy atom. The fraction of sp³-hybridized carbons (Fsp3) is 0.550. The summed E-state index contributed by atoms with van der Waals surface area (Å²) in [6.45, 7) is 0. The van der Waals surface area contributed by atoms with E-state index in [2.05, 4.69) is 16.6 Å². The number of hydrogen-bond donors (Lipinski definition) is 2. The number of carbonyl (C=O) groups is 1. The van der Waals surface area contributed by atoms with Crippen molar-refractivity contribution in [3.05, 3.63) is 35.6 Å². The number of hydrogen-bond acceptors (Lipinski definition) is 4. The quantitative estimate of drug-likeness (QED) is 0.452. The summed E-state index contributed by atoms with van der Waals surface area (Å²) in [6, 6.07) is -0.406. The van der Waals surface area contributed by atoms with Gasteiger partial charge in [-0.05, 0) is 49.3 Å². The first-order chi connectivity index (χ1) is 13.9. The molecule has 0 saturated heterocycles. The van der Waals surface area contributed by atoms with Crippen LogP contribution in [0.15, 0.2) is 24.3 Å². The van der Waals surface area contributed by atoms with Gasteiger partial charge in [0.25, 0.3) is 0 Å². The molecule has 1 aromatic rings. The molecule has 164 valence electrons. The van der Waals surface area contributed by atoms with E-state index in [1.54, 1.807) is 0 Å². The predicted octanol–water partition coefficient (Wildman–Crippen LogP) is 2.49. The molecule has 0 radical (unpaired) electrons. The Hall–Kier alpha value is -2.12. The van der Waals surface area contributed by atoms with E-state index in [9.17, 15) is 30.8 Å². The number of rotatable bonds is 9. The molecule has 5 nitrogen and oxygen atoms in total. The molecule has 2 atom stereocenters. The summed E-state index contributed by atoms with van der Waals surface area (Å²) < 4.78 is 79.3. The van der Waals surface area contributed by atoms with Crippen molar-refractivity contribution in [3.63, 3.8) is 0 Å². The van der Waals surface area contributed by atoms with Crippen molar-refractivity contribution < 1.29 is 30.8 Å². The Morgan fingerprint density at radius 2 is 1.83 bits per heavy atom. The van der Waals surface area contributed by atoms with Crippen molar-refractivity contribution in [2.75, 3.05) is 11.5 Å². The molecule has 2 saturated carbocycles. The minimum Gasteiger partial charge on any atom is -0.338 e. The Labute approximate surface area is 172 Å². The van der Waals surface area contributed by atoms with Crippen LogP contribution in [0.1, 0.15) is 37.3 Å². The summed E-state index contributed by atoms with van der Waals surface area (Å²) in [6.07, 6.45) is 2.95. The fourth-order valence-corrected chi connectivity index (χ4v) is 5.10. The summed E-state index contributed by atoms with van der Waals surface area (Å²) in [5.41, 5.74) is -1.28. The van der Waals surface area contributed by atoms with E-state index in [0.717, 1.165) is 37.1 Å². The van der Waals surface area contributed by atoms with Crippen LogP contribution in [-0.4, -0.2) is 43.6 Å². The lowest BCUT2D eigenvalue weighted by molar-refractivity contribution is -0.160. The zero-order valence-corrected chi connectivity index (χ0v) is 16.8. The van der Waals surface area contributed by atoms with Crippen LogP contribution in [-0.2, 0) is 14.6 Å². The maximum Gasteiger partial charge on any atom is 0.407 e. The lowest BCUT2D eigenvalue weighted by atomic mass is 10.0. The molecule has 30 heavy (non-hydrogen) atoms. The minimum absolute atomic E-state index is 0.0188. The number of nitrogens with one attached hydrogen (secondary N) is 2. The molecule has 0 aromatic heterocycles. The predicted molar refractivity (Wildman–Crippen MR) is 102 cm³/mol. The molecule has 2 N–H and O–H groups in total. The number of sulfone groups is 1. The van der Waals surface area contributed by atoms with E-state index in [0.29, 0.717) is 12.8 Å². The minimum atomic E-state index is -4.85. The number of halogens is 4. The molecule has 0 unspecified atom stereocenters. The standard InChI is InChI=1S/C20H22F4N2O3S/c1-2-19(9-10-19)26-18(27)16(12-30(28,29)11-13-3-4-13)25-17(20(22,23)24)14-5-7-15(21)8-6-14/h1,5-8,13,16-17,25H,3-4,9-12H2,(H,26,27)/t16-,17-/m0/s1. The first-order valence-electron chi connectivity index (χ1n) is 9.51. The molecule has 2 aliphatic carbocycles. The van der Waals surface area contributed by atoms with Crippen LogP contribution >= 0.6 is 0 Å². The molecule has 0 spiro atoms. The average Bonchev–Trinajstić information content (AvgIpc) is 3.56. The molecule has 1 amide bonds. The van der Waals surface area contributed by atoms with E-state index < -0.39 is 51.1 Å². The number of amides is 1. The molecule has 0 heterocycles. The second-order valence-corrected chi connectivity index (χ2v) is 10.1. The van der Waals surface area contributed by atoms with Gasteiger partial charge >= 0.3 is 6.18 Å². The van der Waals surface area contributed by atoms with Crippen molar-refractivity contribution in [1.29, 1.82) is 0 Å². The molecule has 10 heteroatoms. The molecule has 2 fully saturated rings. The highest BCUT2D eigenvalue weighted by molar-refractivity contribution is 7.91. The molecule has 0 bridgehead atoms. The summed E-state index contributed by atoms with van der Waals surface area (Å²) in [4.78, 5) is 12.7. The highest BCUT2D eigenvalue weighted by Crippen LogP contribution is 2.36. The maximum absolute atomic E-state index is 13.7. The molecule has 3 rings (SSSR count). The fourth-order valence-electron chi connectivity index (χ4n) is 3.15. The van der Waals surface area contributed by atoms with Gasteiger partial charge in [0.15, 0.2) is 9.84 Å². The number of carbonyl (C=O) groups excluding carboxylic acids is 1. The molecule has 1 aromatic carbocycles. The van der Waals surface area contributed by atoms with Crippen LogP contribution < -0.4 is 10.6 Å². The Morgan fingerprint density at radius 3 is 2.30 bits per heavy atom. The van der Waals surface area contributed by atoms with E-state index in [-0.39, 0.29) is 17.2 Å². The molecule has 2 aliphatic rings. The smallest absolute Gasteiger partial charge is 0.338 e. The SMILES string of the molecule is C#CC1(NC(=O)[C@H](CS(=O)(=O)CC2CC2)N[C@@H](c2ccc(F)cc2)C(F)(F)F)CC1. The summed E-state index contributed by atoms with van der Waals surface area (Å²) in [5.74, 6) is -0.208. The van der Waals surface area contributed by atoms with Crippen LogP contribution in [0.2, 0.25) is 0 Å². The van der Waals surface area contributed by atoms with E-state index in [1.165, 1.54) is 0 Å². The Balaban J connectivity index is 1.85. The topological polar surface area (TPSA) is 75.3 Å². The second-order valence-electron chi connectivity index (χ2n) is 7.98. The normalized spacial score (nSPS) is 20.1. The average molecular weight is 446 g/mol. The third kappa shape index (κ3) is 5.95. The summed E-state index contributed by atoms with van der Waals surface area (Å²) >= 11 is 0. The van der Waals surface area contributed by atoms with Crippen molar-refractivity contribution in [1.82, 2.24) is 10.6 Å². The lowest BCUT2D eigenvalue weighted by Gasteiger charge is -2.28. The van der Waals surface area contributed by atoms with Crippen molar-refractivity contribution in [3.8, 4) is 12.3 Å². The van der Waals surface area contributed by atoms with Gasteiger partial charge < -0.3 is 5.32 Å². The summed E-state index contributed by atoms with van der Waals surface area (Å²) in [7, 11) is -3.79. The monoisotopic (exact) mass is 446 g/mol. The first kappa shape index (κ1) is 22.6. The zero-order chi connectivity index (χ0) is 22.2. The van der Waals surface area contributed by atoms with Gasteiger partial charge in [0, 0.05) is 0 Å². The van der Waals surface area contributed by atoms with Crippen molar-refractivity contribution in [2.24, 2.45) is 5.92 Å². The third-order valence-electron chi connectivity index (χ3n) is 5.21. The lowest BCUT2D eigenvalue weighted by Crippen LogP contribution is -2.54. The largest absolute Gasteiger partial charge is 0.407 e. The maximum atomic E-state index is 13.7. The second kappa shape index (κ2) is 8.19. The molecular formula is C20H22F4N2O3S. The number of benzene rings is 1. The van der Waals surface area contributed by atoms with Gasteiger partial charge in [-0.25, -0.2) is 12.8 Å². The Kier molecular flexibility index (Phi) is 6.16. The van der Waals surface area contributed by atoms with Gasteiger partial charge in [-0.3, -0.25) is 10.1 Å². The van der Waals surface area contributed by atoms with Gasteiger partial charge in [0.2, 0.25) is 5.91 Å². The highest BCUT2D eigenvalue weighted by Gasteiger charge is 2.47. The van der Waals surface area contributed by atoms with Crippen LogP contribution in [0.4, 0.5) is 17.6 Å². The van der Waals surface area contributed by atoms with Gasteiger partial charge in [0.05, 0.1) is 11.5 Å². The van der Waals surface area contributed by atoms with Crippen molar-refractivity contribution >= 4 is 15.7 Å². The van der Waals surface area contributed by atoms with Gasteiger partial charge in [0.1, 0.15) is 23.4 Å². The van der Waals surface area contributed by atoms with E-state index >= 15 is 0 Å². The highest BCUT2D eigenvalue weighted by atomic mass is 32.2. The van der Waals surface area contributed by atoms with Crippen LogP contribution in [0.3, 0.4) is 0 Å². The molecule has 0 aliphatic heterocycles. The number of terminal acetylenes is 1. The Bertz CT molecular complexity index is 930.